The number of esters is 1. The van der Waals surface area contributed by atoms with E-state index in [9.17, 15) is 13.2 Å². The fourth-order valence-electron chi connectivity index (χ4n) is 1.71. The summed E-state index contributed by atoms with van der Waals surface area (Å²) < 4.78 is 31.2. The summed E-state index contributed by atoms with van der Waals surface area (Å²) >= 11 is 5.90. The lowest BCUT2D eigenvalue weighted by Gasteiger charge is -2.12. The summed E-state index contributed by atoms with van der Waals surface area (Å²) in [6.45, 7) is 2.12. The lowest BCUT2D eigenvalue weighted by atomic mass is 10.2. The van der Waals surface area contributed by atoms with Gasteiger partial charge >= 0.3 is 5.97 Å². The zero-order chi connectivity index (χ0) is 16.0. The molecule has 1 aromatic rings. The first-order chi connectivity index (χ1) is 9.81. The number of halogens is 1. The number of nitrogens with two attached hydrogens (primary N) is 1. The van der Waals surface area contributed by atoms with E-state index in [0.29, 0.717) is 0 Å². The minimum Gasteiger partial charge on any atom is -0.465 e. The van der Waals surface area contributed by atoms with Crippen LogP contribution in [0.3, 0.4) is 0 Å². The second kappa shape index (κ2) is 7.74. The molecule has 8 heteroatoms. The average Bonchev–Trinajstić information content (AvgIpc) is 2.44. The van der Waals surface area contributed by atoms with Gasteiger partial charge in [0.1, 0.15) is 0 Å². The maximum absolute atomic E-state index is 12.1. The largest absolute Gasteiger partial charge is 0.465 e. The highest BCUT2D eigenvalue weighted by atomic mass is 35.5. The normalized spacial score (nSPS) is 13.0. The van der Waals surface area contributed by atoms with Gasteiger partial charge in [-0.15, -0.1) is 0 Å². The third-order valence-corrected chi connectivity index (χ3v) is 4.59. The lowest BCUT2D eigenvalue weighted by Crippen LogP contribution is -2.37. The standard InChI is InChI=1S/C13H19ClN2O4S/c1-3-4-9(15)8-16-21(18,19)10-5-6-11(12(14)7-10)13(17)20-2/h5-7,9,16H,3-4,8,15H2,1-2H3. The molecule has 3 N–H and O–H groups in total. The van der Waals surface area contributed by atoms with Crippen LogP contribution in [0, 0.1) is 0 Å². The lowest BCUT2D eigenvalue weighted by molar-refractivity contribution is 0.0601. The molecule has 1 atom stereocenters. The summed E-state index contributed by atoms with van der Waals surface area (Å²) in [6.07, 6.45) is 1.60. The van der Waals surface area contributed by atoms with Crippen molar-refractivity contribution in [2.75, 3.05) is 13.7 Å². The van der Waals surface area contributed by atoms with Crippen LogP contribution < -0.4 is 10.5 Å². The molecule has 21 heavy (non-hydrogen) atoms. The molecule has 1 aromatic carbocycles. The fraction of sp³-hybridized carbons (Fsp3) is 0.462. The van der Waals surface area contributed by atoms with Crippen LogP contribution >= 0.6 is 11.6 Å². The van der Waals surface area contributed by atoms with Crippen LogP contribution in [-0.4, -0.2) is 34.1 Å². The number of methoxy groups -OCH3 is 1. The highest BCUT2D eigenvalue weighted by molar-refractivity contribution is 7.89. The number of carbonyl (C=O) groups excluding carboxylic acids is 1. The van der Waals surface area contributed by atoms with Crippen molar-refractivity contribution >= 4 is 27.6 Å². The van der Waals surface area contributed by atoms with Gasteiger partial charge in [-0.3, -0.25) is 0 Å². The Labute approximate surface area is 129 Å². The quantitative estimate of drug-likeness (QED) is 0.737. The maximum Gasteiger partial charge on any atom is 0.339 e. The van der Waals surface area contributed by atoms with Gasteiger partial charge in [0, 0.05) is 12.6 Å². The molecular formula is C13H19ClN2O4S. The van der Waals surface area contributed by atoms with Crippen LogP contribution in [0.2, 0.25) is 5.02 Å². The van der Waals surface area contributed by atoms with Gasteiger partial charge in [-0.1, -0.05) is 24.9 Å². The third kappa shape index (κ3) is 4.96. The summed E-state index contributed by atoms with van der Waals surface area (Å²) in [4.78, 5) is 11.4. The van der Waals surface area contributed by atoms with Crippen LogP contribution in [-0.2, 0) is 14.8 Å². The van der Waals surface area contributed by atoms with Gasteiger partial charge in [0.05, 0.1) is 22.6 Å². The van der Waals surface area contributed by atoms with Crippen molar-refractivity contribution in [3.63, 3.8) is 0 Å². The Morgan fingerprint density at radius 1 is 1.48 bits per heavy atom. The topological polar surface area (TPSA) is 98.5 Å². The number of hydrogen-bond acceptors (Lipinski definition) is 5. The van der Waals surface area contributed by atoms with Crippen molar-refractivity contribution in [3.8, 4) is 0 Å². The number of sulfonamides is 1. The van der Waals surface area contributed by atoms with Crippen molar-refractivity contribution in [2.24, 2.45) is 5.73 Å². The first-order valence-electron chi connectivity index (χ1n) is 6.45. The van der Waals surface area contributed by atoms with Crippen LogP contribution in [0.15, 0.2) is 23.1 Å². The van der Waals surface area contributed by atoms with Gasteiger partial charge in [-0.2, -0.15) is 0 Å². The molecule has 0 bridgehead atoms. The average molecular weight is 335 g/mol. The van der Waals surface area contributed by atoms with Crippen molar-refractivity contribution in [3.05, 3.63) is 28.8 Å². The maximum atomic E-state index is 12.1. The number of nitrogens with one attached hydrogen (secondary N) is 1. The van der Waals surface area contributed by atoms with E-state index in [1.165, 1.54) is 25.3 Å². The van der Waals surface area contributed by atoms with Gasteiger partial charge in [0.15, 0.2) is 0 Å². The summed E-state index contributed by atoms with van der Waals surface area (Å²) in [7, 11) is -2.49. The molecule has 0 saturated carbocycles. The molecule has 0 spiro atoms. The van der Waals surface area contributed by atoms with Crippen LogP contribution in [0.5, 0.6) is 0 Å². The smallest absolute Gasteiger partial charge is 0.339 e. The first kappa shape index (κ1) is 17.9. The predicted molar refractivity (Wildman–Crippen MR) is 80.9 cm³/mol. The van der Waals surface area contributed by atoms with Crippen LogP contribution in [0.4, 0.5) is 0 Å². The minimum absolute atomic E-state index is 0.0163. The molecule has 0 aliphatic heterocycles. The molecule has 0 amide bonds. The number of hydrogen-bond donors (Lipinski definition) is 2. The second-order valence-electron chi connectivity index (χ2n) is 4.53. The third-order valence-electron chi connectivity index (χ3n) is 2.85. The SMILES string of the molecule is CCCC(N)CNS(=O)(=O)c1ccc(C(=O)OC)c(Cl)c1. The molecule has 0 radical (unpaired) electrons. The number of benzene rings is 1. The van der Waals surface area contributed by atoms with E-state index < -0.39 is 16.0 Å². The summed E-state index contributed by atoms with van der Waals surface area (Å²) in [5, 5.41) is 0.0163. The van der Waals surface area contributed by atoms with E-state index in [0.717, 1.165) is 12.8 Å². The van der Waals surface area contributed by atoms with Gasteiger partial charge in [-0.05, 0) is 24.6 Å². The number of ether oxygens (including phenoxy) is 1. The summed E-state index contributed by atoms with van der Waals surface area (Å²) in [5.41, 5.74) is 5.88. The summed E-state index contributed by atoms with van der Waals surface area (Å²) in [5.74, 6) is -0.623. The van der Waals surface area contributed by atoms with E-state index >= 15 is 0 Å². The minimum atomic E-state index is -3.71. The van der Waals surface area contributed by atoms with E-state index in [-0.39, 0.29) is 28.1 Å². The molecule has 0 fully saturated rings. The van der Waals surface area contributed by atoms with Crippen molar-refractivity contribution in [1.82, 2.24) is 4.72 Å². The molecule has 0 saturated heterocycles. The van der Waals surface area contributed by atoms with E-state index in [4.69, 9.17) is 17.3 Å². The fourth-order valence-corrected chi connectivity index (χ4v) is 3.15. The Bertz CT molecular complexity index is 604. The molecule has 6 nitrogen and oxygen atoms in total. The number of rotatable bonds is 7. The van der Waals surface area contributed by atoms with Crippen LogP contribution in [0.1, 0.15) is 30.1 Å². The molecule has 0 heterocycles. The zero-order valence-corrected chi connectivity index (χ0v) is 13.5. The summed E-state index contributed by atoms with van der Waals surface area (Å²) in [6, 6.07) is 3.58. The molecule has 1 rings (SSSR count). The Balaban J connectivity index is 2.89. The van der Waals surface area contributed by atoms with Gasteiger partial charge in [0.2, 0.25) is 10.0 Å². The molecule has 118 valence electrons. The molecule has 0 aromatic heterocycles. The van der Waals surface area contributed by atoms with Crippen molar-refractivity contribution in [1.29, 1.82) is 0 Å². The Kier molecular flexibility index (Phi) is 6.60. The molecule has 0 aliphatic carbocycles. The van der Waals surface area contributed by atoms with Crippen LogP contribution in [0.25, 0.3) is 0 Å². The Hall–Kier alpha value is -1.15. The number of carbonyl (C=O) groups is 1. The van der Waals surface area contributed by atoms with Gasteiger partial charge in [0.25, 0.3) is 0 Å². The van der Waals surface area contributed by atoms with E-state index in [2.05, 4.69) is 9.46 Å². The van der Waals surface area contributed by atoms with Crippen molar-refractivity contribution < 1.29 is 17.9 Å². The first-order valence-corrected chi connectivity index (χ1v) is 8.31. The Morgan fingerprint density at radius 2 is 2.14 bits per heavy atom. The molecule has 1 unspecified atom stereocenters. The molecular weight excluding hydrogens is 316 g/mol. The molecule has 0 aliphatic rings. The van der Waals surface area contributed by atoms with E-state index in [1.807, 2.05) is 6.92 Å². The van der Waals surface area contributed by atoms with Crippen molar-refractivity contribution in [2.45, 2.75) is 30.7 Å². The highest BCUT2D eigenvalue weighted by Crippen LogP contribution is 2.21. The van der Waals surface area contributed by atoms with Gasteiger partial charge < -0.3 is 10.5 Å². The van der Waals surface area contributed by atoms with Gasteiger partial charge in [-0.25, -0.2) is 17.9 Å². The Morgan fingerprint density at radius 3 is 2.67 bits per heavy atom. The highest BCUT2D eigenvalue weighted by Gasteiger charge is 2.18. The van der Waals surface area contributed by atoms with E-state index in [1.54, 1.807) is 0 Å². The predicted octanol–water partition coefficient (Wildman–Crippen LogP) is 1.53. The zero-order valence-electron chi connectivity index (χ0n) is 11.9. The monoisotopic (exact) mass is 334 g/mol. The second-order valence-corrected chi connectivity index (χ2v) is 6.71.